The van der Waals surface area contributed by atoms with Gasteiger partial charge in [0.2, 0.25) is 0 Å². The summed E-state index contributed by atoms with van der Waals surface area (Å²) in [4.78, 5) is 26.4. The van der Waals surface area contributed by atoms with Gasteiger partial charge in [-0.15, -0.1) is 0 Å². The molecule has 26 heavy (non-hydrogen) atoms. The van der Waals surface area contributed by atoms with Crippen molar-refractivity contribution in [2.75, 3.05) is 19.1 Å². The Kier molecular flexibility index (Phi) is 4.61. The zero-order valence-corrected chi connectivity index (χ0v) is 15.1. The molecule has 1 aliphatic heterocycles. The van der Waals surface area contributed by atoms with Gasteiger partial charge in [0.05, 0.1) is 25.5 Å². The fraction of sp³-hybridized carbons (Fsp3) is 0.158. The van der Waals surface area contributed by atoms with Gasteiger partial charge in [-0.3, -0.25) is 9.59 Å². The predicted molar refractivity (Wildman–Crippen MR) is 97.8 cm³/mol. The molecule has 134 valence electrons. The molecule has 7 heteroatoms. The second-order valence-electron chi connectivity index (χ2n) is 5.67. The molecule has 0 fully saturated rings. The molecule has 2 amide bonds. The molecule has 2 aromatic carbocycles. The first-order chi connectivity index (χ1) is 12.4. The van der Waals surface area contributed by atoms with E-state index in [2.05, 4.69) is 0 Å². The van der Waals surface area contributed by atoms with Crippen LogP contribution in [0, 0.1) is 6.92 Å². The van der Waals surface area contributed by atoms with Gasteiger partial charge in [0.1, 0.15) is 0 Å². The van der Waals surface area contributed by atoms with Gasteiger partial charge in [-0.2, -0.15) is 0 Å². The molecule has 1 N–H and O–H groups in total. The Morgan fingerprint density at radius 2 is 1.65 bits per heavy atom. The lowest BCUT2D eigenvalue weighted by molar-refractivity contribution is -0.121. The van der Waals surface area contributed by atoms with Gasteiger partial charge in [-0.05, 0) is 48.4 Å². The Bertz CT molecular complexity index is 951. The predicted octanol–water partition coefficient (Wildman–Crippen LogP) is 3.51. The average molecular weight is 374 g/mol. The molecule has 0 aliphatic carbocycles. The number of imide groups is 1. The SMILES string of the molecule is COc1ccc(C2=C(O)C(=O)N(c3ccc(Cl)cc3C)C2=O)cc1OC. The molecule has 3 rings (SSSR count). The Labute approximate surface area is 155 Å². The van der Waals surface area contributed by atoms with E-state index in [1.807, 2.05) is 0 Å². The lowest BCUT2D eigenvalue weighted by atomic mass is 10.0. The highest BCUT2D eigenvalue weighted by atomic mass is 35.5. The largest absolute Gasteiger partial charge is 0.502 e. The number of hydrogen-bond acceptors (Lipinski definition) is 5. The van der Waals surface area contributed by atoms with E-state index in [4.69, 9.17) is 21.1 Å². The van der Waals surface area contributed by atoms with Crippen molar-refractivity contribution in [2.24, 2.45) is 0 Å². The molecule has 1 heterocycles. The van der Waals surface area contributed by atoms with Crippen molar-refractivity contribution in [3.05, 3.63) is 58.3 Å². The Morgan fingerprint density at radius 1 is 0.962 bits per heavy atom. The molecule has 0 spiro atoms. The van der Waals surface area contributed by atoms with Gasteiger partial charge < -0.3 is 14.6 Å². The van der Waals surface area contributed by atoms with Crippen LogP contribution in [0.2, 0.25) is 5.02 Å². The normalized spacial score (nSPS) is 14.2. The van der Waals surface area contributed by atoms with Crippen LogP contribution in [-0.2, 0) is 9.59 Å². The number of methoxy groups -OCH3 is 2. The quantitative estimate of drug-likeness (QED) is 0.830. The van der Waals surface area contributed by atoms with E-state index in [0.717, 1.165) is 4.90 Å². The van der Waals surface area contributed by atoms with E-state index in [1.165, 1.54) is 20.3 Å². The van der Waals surface area contributed by atoms with Gasteiger partial charge in [0.15, 0.2) is 17.3 Å². The minimum absolute atomic E-state index is 0.0923. The lowest BCUT2D eigenvalue weighted by Crippen LogP contribution is -2.32. The zero-order valence-electron chi connectivity index (χ0n) is 14.4. The van der Waals surface area contributed by atoms with Crippen LogP contribution in [-0.4, -0.2) is 31.1 Å². The number of halogens is 1. The zero-order chi connectivity index (χ0) is 19.0. The third-order valence-electron chi connectivity index (χ3n) is 4.13. The standard InChI is InChI=1S/C19H16ClNO5/c1-10-8-12(20)5-6-13(10)21-18(23)16(17(22)19(21)24)11-4-7-14(25-2)15(9-11)26-3/h4-9,22H,1-3H3. The van der Waals surface area contributed by atoms with Crippen LogP contribution in [0.1, 0.15) is 11.1 Å². The maximum Gasteiger partial charge on any atom is 0.301 e. The van der Waals surface area contributed by atoms with E-state index < -0.39 is 17.6 Å². The molecule has 2 aromatic rings. The monoisotopic (exact) mass is 373 g/mol. The number of aliphatic hydroxyl groups excluding tert-OH is 1. The van der Waals surface area contributed by atoms with Crippen LogP contribution in [0.5, 0.6) is 11.5 Å². The minimum atomic E-state index is -0.787. The molecular weight excluding hydrogens is 358 g/mol. The van der Waals surface area contributed by atoms with Crippen molar-refractivity contribution in [3.63, 3.8) is 0 Å². The molecule has 0 saturated heterocycles. The number of amides is 2. The number of carbonyl (C=O) groups excluding carboxylic acids is 2. The van der Waals surface area contributed by atoms with E-state index in [0.29, 0.717) is 33.3 Å². The summed E-state index contributed by atoms with van der Waals surface area (Å²) >= 11 is 5.94. The van der Waals surface area contributed by atoms with Gasteiger partial charge in [-0.1, -0.05) is 17.7 Å². The van der Waals surface area contributed by atoms with Crippen LogP contribution in [0.4, 0.5) is 5.69 Å². The highest BCUT2D eigenvalue weighted by Crippen LogP contribution is 2.37. The highest BCUT2D eigenvalue weighted by Gasteiger charge is 2.41. The Balaban J connectivity index is 2.07. The maximum absolute atomic E-state index is 12.9. The van der Waals surface area contributed by atoms with Crippen LogP contribution in [0.25, 0.3) is 5.57 Å². The summed E-state index contributed by atoms with van der Waals surface area (Å²) in [7, 11) is 2.95. The summed E-state index contributed by atoms with van der Waals surface area (Å²) in [5.41, 5.74) is 1.27. The van der Waals surface area contributed by atoms with Gasteiger partial charge in [0, 0.05) is 5.02 Å². The summed E-state index contributed by atoms with van der Waals surface area (Å²) < 4.78 is 10.4. The van der Waals surface area contributed by atoms with Crippen LogP contribution >= 0.6 is 11.6 Å². The summed E-state index contributed by atoms with van der Waals surface area (Å²) in [6.45, 7) is 1.73. The molecule has 0 bridgehead atoms. The summed E-state index contributed by atoms with van der Waals surface area (Å²) in [6, 6.07) is 9.50. The van der Waals surface area contributed by atoms with E-state index in [-0.39, 0.29) is 5.57 Å². The number of aryl methyl sites for hydroxylation is 1. The van der Waals surface area contributed by atoms with Crippen molar-refractivity contribution in [1.82, 2.24) is 0 Å². The second kappa shape index (κ2) is 6.72. The Morgan fingerprint density at radius 3 is 2.27 bits per heavy atom. The molecule has 0 radical (unpaired) electrons. The van der Waals surface area contributed by atoms with Crippen molar-refractivity contribution in [1.29, 1.82) is 0 Å². The number of aliphatic hydroxyl groups is 1. The number of anilines is 1. The first kappa shape index (κ1) is 17.8. The average Bonchev–Trinajstić information content (AvgIpc) is 2.84. The van der Waals surface area contributed by atoms with E-state index in [9.17, 15) is 14.7 Å². The number of rotatable bonds is 4. The molecule has 0 saturated carbocycles. The molecule has 0 atom stereocenters. The third-order valence-corrected chi connectivity index (χ3v) is 4.37. The molecule has 1 aliphatic rings. The molecule has 0 aromatic heterocycles. The summed E-state index contributed by atoms with van der Waals surface area (Å²) in [5.74, 6) is -1.17. The molecule has 6 nitrogen and oxygen atoms in total. The highest BCUT2D eigenvalue weighted by molar-refractivity contribution is 6.45. The van der Waals surface area contributed by atoms with E-state index in [1.54, 1.807) is 37.3 Å². The van der Waals surface area contributed by atoms with Gasteiger partial charge in [-0.25, -0.2) is 4.90 Å². The summed E-state index contributed by atoms with van der Waals surface area (Å²) in [5, 5.41) is 10.8. The first-order valence-corrected chi connectivity index (χ1v) is 8.07. The maximum atomic E-state index is 12.9. The number of benzene rings is 2. The number of nitrogens with zero attached hydrogens (tertiary/aromatic N) is 1. The van der Waals surface area contributed by atoms with E-state index >= 15 is 0 Å². The van der Waals surface area contributed by atoms with Gasteiger partial charge in [0.25, 0.3) is 5.91 Å². The molecule has 0 unspecified atom stereocenters. The van der Waals surface area contributed by atoms with Crippen molar-refractivity contribution in [2.45, 2.75) is 6.92 Å². The fourth-order valence-corrected chi connectivity index (χ4v) is 3.09. The van der Waals surface area contributed by atoms with Crippen molar-refractivity contribution >= 4 is 34.7 Å². The van der Waals surface area contributed by atoms with Crippen molar-refractivity contribution < 1.29 is 24.2 Å². The fourth-order valence-electron chi connectivity index (χ4n) is 2.86. The smallest absolute Gasteiger partial charge is 0.301 e. The second-order valence-corrected chi connectivity index (χ2v) is 6.11. The third kappa shape index (κ3) is 2.78. The molecular formula is C19H16ClNO5. The summed E-state index contributed by atoms with van der Waals surface area (Å²) in [6.07, 6.45) is 0. The van der Waals surface area contributed by atoms with Crippen LogP contribution in [0.3, 0.4) is 0 Å². The number of ether oxygens (including phenoxy) is 2. The minimum Gasteiger partial charge on any atom is -0.502 e. The number of hydrogen-bond donors (Lipinski definition) is 1. The first-order valence-electron chi connectivity index (χ1n) is 7.69. The topological polar surface area (TPSA) is 76.1 Å². The lowest BCUT2D eigenvalue weighted by Gasteiger charge is -2.17. The van der Waals surface area contributed by atoms with Gasteiger partial charge >= 0.3 is 5.91 Å². The van der Waals surface area contributed by atoms with Crippen molar-refractivity contribution in [3.8, 4) is 11.5 Å². The van der Waals surface area contributed by atoms with Crippen LogP contribution in [0.15, 0.2) is 42.2 Å². The number of carbonyl (C=O) groups is 2. The Hall–Kier alpha value is -2.99. The van der Waals surface area contributed by atoms with Crippen LogP contribution < -0.4 is 14.4 Å².